The number of rotatable bonds is 7. The summed E-state index contributed by atoms with van der Waals surface area (Å²) in [6, 6.07) is 8.54. The van der Waals surface area contributed by atoms with Crippen molar-refractivity contribution in [1.29, 1.82) is 0 Å². The minimum atomic E-state index is 0.00812. The number of nitrogens with one attached hydrogen (secondary N) is 1. The molecule has 3 heteroatoms. The average Bonchev–Trinajstić information content (AvgIpc) is 2.52. The van der Waals surface area contributed by atoms with Crippen LogP contribution in [0, 0.1) is 5.41 Å². The van der Waals surface area contributed by atoms with Crippen molar-refractivity contribution in [2.75, 3.05) is 26.3 Å². The summed E-state index contributed by atoms with van der Waals surface area (Å²) in [6.07, 6.45) is 3.14. The highest BCUT2D eigenvalue weighted by atomic mass is 16.5. The fourth-order valence-corrected chi connectivity index (χ4v) is 2.89. The molecule has 0 radical (unpaired) electrons. The smallest absolute Gasteiger partial charge is 0.0952 e. The summed E-state index contributed by atoms with van der Waals surface area (Å²) in [5.74, 6) is 0. The summed E-state index contributed by atoms with van der Waals surface area (Å²) >= 11 is 0. The Kier molecular flexibility index (Phi) is 5.58. The van der Waals surface area contributed by atoms with E-state index in [-0.39, 0.29) is 18.1 Å². The van der Waals surface area contributed by atoms with E-state index in [9.17, 15) is 5.11 Å². The number of hydrogen-bond donors (Lipinski definition) is 2. The van der Waals surface area contributed by atoms with Crippen LogP contribution in [0.1, 0.15) is 43.9 Å². The van der Waals surface area contributed by atoms with E-state index in [0.29, 0.717) is 0 Å². The lowest BCUT2D eigenvalue weighted by atomic mass is 9.83. The standard InChI is InChI=1S/C17H27NO2/c1-3-17(4-2,13-19)12-18-11-16-15-8-6-5-7-14(15)9-10-20-16/h5-8,16,18-19H,3-4,9-13H2,1-2H3. The van der Waals surface area contributed by atoms with Gasteiger partial charge in [0.05, 0.1) is 12.7 Å². The molecule has 1 aromatic carbocycles. The van der Waals surface area contributed by atoms with Crippen molar-refractivity contribution in [3.8, 4) is 0 Å². The first kappa shape index (κ1) is 15.5. The zero-order chi connectivity index (χ0) is 14.4. The van der Waals surface area contributed by atoms with Gasteiger partial charge >= 0.3 is 0 Å². The predicted octanol–water partition coefficient (Wildman–Crippen LogP) is 2.69. The molecule has 2 rings (SSSR count). The lowest BCUT2D eigenvalue weighted by Gasteiger charge is -2.32. The largest absolute Gasteiger partial charge is 0.396 e. The van der Waals surface area contributed by atoms with Crippen molar-refractivity contribution in [2.45, 2.75) is 39.2 Å². The van der Waals surface area contributed by atoms with E-state index in [4.69, 9.17) is 4.74 Å². The van der Waals surface area contributed by atoms with Gasteiger partial charge < -0.3 is 15.2 Å². The van der Waals surface area contributed by atoms with Gasteiger partial charge in [0.25, 0.3) is 0 Å². The summed E-state index contributed by atoms with van der Waals surface area (Å²) < 4.78 is 5.90. The molecule has 0 aromatic heterocycles. The summed E-state index contributed by atoms with van der Waals surface area (Å²) in [7, 11) is 0. The summed E-state index contributed by atoms with van der Waals surface area (Å²) in [5, 5.41) is 13.1. The number of fused-ring (bicyclic) bond motifs is 1. The molecule has 0 spiro atoms. The third-order valence-corrected chi connectivity index (χ3v) is 4.76. The van der Waals surface area contributed by atoms with Crippen molar-refractivity contribution in [1.82, 2.24) is 5.32 Å². The van der Waals surface area contributed by atoms with E-state index in [1.165, 1.54) is 11.1 Å². The Morgan fingerprint density at radius 1 is 1.30 bits per heavy atom. The number of aliphatic hydroxyl groups excluding tert-OH is 1. The molecule has 20 heavy (non-hydrogen) atoms. The molecule has 0 bridgehead atoms. The fraction of sp³-hybridized carbons (Fsp3) is 0.647. The van der Waals surface area contributed by atoms with Gasteiger partial charge in [-0.3, -0.25) is 0 Å². The second-order valence-electron chi connectivity index (χ2n) is 5.80. The monoisotopic (exact) mass is 277 g/mol. The van der Waals surface area contributed by atoms with E-state index >= 15 is 0 Å². The quantitative estimate of drug-likeness (QED) is 0.805. The fourth-order valence-electron chi connectivity index (χ4n) is 2.89. The maximum Gasteiger partial charge on any atom is 0.0952 e. The number of ether oxygens (including phenoxy) is 1. The molecule has 3 nitrogen and oxygen atoms in total. The summed E-state index contributed by atoms with van der Waals surface area (Å²) in [6.45, 7) is 7.00. The lowest BCUT2D eigenvalue weighted by molar-refractivity contribution is 0.0371. The van der Waals surface area contributed by atoms with Crippen LogP contribution in [0.15, 0.2) is 24.3 Å². The second kappa shape index (κ2) is 7.21. The van der Waals surface area contributed by atoms with Gasteiger partial charge in [-0.15, -0.1) is 0 Å². The SMILES string of the molecule is CCC(CC)(CO)CNCC1OCCc2ccccc21. The predicted molar refractivity (Wildman–Crippen MR) is 81.8 cm³/mol. The highest BCUT2D eigenvalue weighted by Gasteiger charge is 2.26. The van der Waals surface area contributed by atoms with Gasteiger partial charge in [0.1, 0.15) is 0 Å². The average molecular weight is 277 g/mol. The van der Waals surface area contributed by atoms with Crippen LogP contribution in [0.4, 0.5) is 0 Å². The first-order valence-electron chi connectivity index (χ1n) is 7.75. The Bertz CT molecular complexity index is 407. The molecule has 0 aliphatic carbocycles. The van der Waals surface area contributed by atoms with Crippen molar-refractivity contribution in [2.24, 2.45) is 5.41 Å². The molecule has 0 saturated carbocycles. The van der Waals surface area contributed by atoms with Crippen LogP contribution in [-0.2, 0) is 11.2 Å². The molecule has 1 aliphatic heterocycles. The van der Waals surface area contributed by atoms with Crippen molar-refractivity contribution in [3.05, 3.63) is 35.4 Å². The third-order valence-electron chi connectivity index (χ3n) is 4.76. The van der Waals surface area contributed by atoms with Gasteiger partial charge in [0.2, 0.25) is 0 Å². The van der Waals surface area contributed by atoms with Gasteiger partial charge in [-0.25, -0.2) is 0 Å². The minimum absolute atomic E-state index is 0.00812. The molecule has 0 fully saturated rings. The molecule has 1 unspecified atom stereocenters. The second-order valence-corrected chi connectivity index (χ2v) is 5.80. The molecule has 2 N–H and O–H groups in total. The van der Waals surface area contributed by atoms with E-state index in [1.54, 1.807) is 0 Å². The van der Waals surface area contributed by atoms with Crippen LogP contribution < -0.4 is 5.32 Å². The molecule has 0 amide bonds. The number of benzene rings is 1. The molecule has 1 heterocycles. The van der Waals surface area contributed by atoms with Crippen LogP contribution in [0.3, 0.4) is 0 Å². The zero-order valence-electron chi connectivity index (χ0n) is 12.7. The van der Waals surface area contributed by atoms with Crippen LogP contribution in [-0.4, -0.2) is 31.4 Å². The van der Waals surface area contributed by atoms with Crippen molar-refractivity contribution in [3.63, 3.8) is 0 Å². The van der Waals surface area contributed by atoms with Gasteiger partial charge in [-0.2, -0.15) is 0 Å². The minimum Gasteiger partial charge on any atom is -0.396 e. The lowest BCUT2D eigenvalue weighted by Crippen LogP contribution is -2.39. The van der Waals surface area contributed by atoms with E-state index in [2.05, 4.69) is 43.4 Å². The van der Waals surface area contributed by atoms with Gasteiger partial charge in [0.15, 0.2) is 0 Å². The van der Waals surface area contributed by atoms with Crippen LogP contribution in [0.5, 0.6) is 0 Å². The molecule has 1 aromatic rings. The Balaban J connectivity index is 1.92. The first-order chi connectivity index (χ1) is 9.74. The van der Waals surface area contributed by atoms with Crippen molar-refractivity contribution < 1.29 is 9.84 Å². The Morgan fingerprint density at radius 2 is 2.05 bits per heavy atom. The molecule has 1 aliphatic rings. The molecular weight excluding hydrogens is 250 g/mol. The number of aliphatic hydroxyl groups is 1. The maximum atomic E-state index is 9.60. The molecule has 112 valence electrons. The Morgan fingerprint density at radius 3 is 2.75 bits per heavy atom. The van der Waals surface area contributed by atoms with Crippen molar-refractivity contribution >= 4 is 0 Å². The zero-order valence-corrected chi connectivity index (χ0v) is 12.7. The summed E-state index contributed by atoms with van der Waals surface area (Å²) in [4.78, 5) is 0. The van der Waals surface area contributed by atoms with Crippen LogP contribution in [0.2, 0.25) is 0 Å². The van der Waals surface area contributed by atoms with Gasteiger partial charge in [-0.1, -0.05) is 38.1 Å². The summed E-state index contributed by atoms with van der Waals surface area (Å²) in [5.41, 5.74) is 2.73. The first-order valence-corrected chi connectivity index (χ1v) is 7.75. The molecule has 0 saturated heterocycles. The number of hydrogen-bond acceptors (Lipinski definition) is 3. The van der Waals surface area contributed by atoms with Gasteiger partial charge in [0, 0.05) is 25.1 Å². The maximum absolute atomic E-state index is 9.60. The van der Waals surface area contributed by atoms with E-state index < -0.39 is 0 Å². The highest BCUT2D eigenvalue weighted by Crippen LogP contribution is 2.28. The Hall–Kier alpha value is -0.900. The third kappa shape index (κ3) is 3.40. The highest BCUT2D eigenvalue weighted by molar-refractivity contribution is 5.31. The van der Waals surface area contributed by atoms with Crippen LogP contribution >= 0.6 is 0 Å². The van der Waals surface area contributed by atoms with Crippen LogP contribution in [0.25, 0.3) is 0 Å². The topological polar surface area (TPSA) is 41.5 Å². The normalized spacial score (nSPS) is 18.9. The van der Waals surface area contributed by atoms with Gasteiger partial charge in [-0.05, 0) is 30.4 Å². The van der Waals surface area contributed by atoms with E-state index in [0.717, 1.165) is 39.0 Å². The molecular formula is C17H27NO2. The Labute approximate surface area is 122 Å². The molecule has 1 atom stereocenters. The van der Waals surface area contributed by atoms with E-state index in [1.807, 2.05) is 0 Å².